The van der Waals surface area contributed by atoms with Crippen molar-refractivity contribution >= 4 is 0 Å². The summed E-state index contributed by atoms with van der Waals surface area (Å²) >= 11 is 0. The lowest BCUT2D eigenvalue weighted by Crippen LogP contribution is -2.36. The molecule has 0 spiro atoms. The summed E-state index contributed by atoms with van der Waals surface area (Å²) in [5.74, 6) is 1.55. The molecule has 0 aromatic heterocycles. The van der Waals surface area contributed by atoms with E-state index in [4.69, 9.17) is 19.9 Å². The van der Waals surface area contributed by atoms with Crippen LogP contribution in [0, 0.1) is 0 Å². The Morgan fingerprint density at radius 3 is 2.33 bits per heavy atom. The summed E-state index contributed by atoms with van der Waals surface area (Å²) in [7, 11) is 3.30. The SMILES string of the molecule is COc1cc(OC)cc(C2(N)CCCOCC2)c1. The van der Waals surface area contributed by atoms with E-state index in [-0.39, 0.29) is 5.54 Å². The summed E-state index contributed by atoms with van der Waals surface area (Å²) in [6.07, 6.45) is 2.72. The largest absolute Gasteiger partial charge is 0.497 e. The summed E-state index contributed by atoms with van der Waals surface area (Å²) in [5, 5.41) is 0. The number of hydrogen-bond acceptors (Lipinski definition) is 4. The minimum absolute atomic E-state index is 0.349. The van der Waals surface area contributed by atoms with Gasteiger partial charge in [-0.15, -0.1) is 0 Å². The predicted molar refractivity (Wildman–Crippen MR) is 70.1 cm³/mol. The standard InChI is InChI=1S/C14H21NO3/c1-16-12-8-11(9-13(10-12)17-2)14(15)4-3-6-18-7-5-14/h8-10H,3-7,15H2,1-2H3. The van der Waals surface area contributed by atoms with Crippen LogP contribution in [0.5, 0.6) is 11.5 Å². The highest BCUT2D eigenvalue weighted by Crippen LogP contribution is 2.34. The highest BCUT2D eigenvalue weighted by molar-refractivity contribution is 5.41. The molecule has 1 aromatic rings. The molecule has 0 bridgehead atoms. The fraction of sp³-hybridized carbons (Fsp3) is 0.571. The van der Waals surface area contributed by atoms with Gasteiger partial charge in [0, 0.05) is 24.8 Å². The summed E-state index contributed by atoms with van der Waals surface area (Å²) in [4.78, 5) is 0. The molecule has 2 N–H and O–H groups in total. The van der Waals surface area contributed by atoms with E-state index < -0.39 is 0 Å². The fourth-order valence-electron chi connectivity index (χ4n) is 2.35. The van der Waals surface area contributed by atoms with E-state index in [1.54, 1.807) is 14.2 Å². The van der Waals surface area contributed by atoms with Crippen molar-refractivity contribution in [3.63, 3.8) is 0 Å². The molecule has 18 heavy (non-hydrogen) atoms. The second-order valence-corrected chi connectivity index (χ2v) is 4.72. The van der Waals surface area contributed by atoms with Gasteiger partial charge < -0.3 is 19.9 Å². The Hall–Kier alpha value is -1.26. The van der Waals surface area contributed by atoms with Gasteiger partial charge in [-0.3, -0.25) is 0 Å². The zero-order valence-electron chi connectivity index (χ0n) is 11.1. The minimum atomic E-state index is -0.349. The Kier molecular flexibility index (Phi) is 4.09. The third kappa shape index (κ3) is 2.76. The molecule has 1 aromatic carbocycles. The lowest BCUT2D eigenvalue weighted by Gasteiger charge is -2.28. The Bertz CT molecular complexity index is 376. The molecule has 2 rings (SSSR count). The molecule has 4 nitrogen and oxygen atoms in total. The molecule has 1 atom stereocenters. The molecule has 0 radical (unpaired) electrons. The minimum Gasteiger partial charge on any atom is -0.497 e. The maximum atomic E-state index is 6.54. The van der Waals surface area contributed by atoms with Gasteiger partial charge in [-0.2, -0.15) is 0 Å². The average molecular weight is 251 g/mol. The van der Waals surface area contributed by atoms with Crippen LogP contribution >= 0.6 is 0 Å². The van der Waals surface area contributed by atoms with E-state index in [0.717, 1.165) is 42.9 Å². The van der Waals surface area contributed by atoms with Gasteiger partial charge in [0.1, 0.15) is 11.5 Å². The molecule has 0 amide bonds. The molecule has 0 saturated carbocycles. The zero-order valence-corrected chi connectivity index (χ0v) is 11.1. The molecular formula is C14H21NO3. The van der Waals surface area contributed by atoms with Crippen LogP contribution in [-0.2, 0) is 10.3 Å². The smallest absolute Gasteiger partial charge is 0.122 e. The van der Waals surface area contributed by atoms with E-state index in [2.05, 4.69) is 0 Å². The maximum absolute atomic E-state index is 6.54. The molecule has 100 valence electrons. The fourth-order valence-corrected chi connectivity index (χ4v) is 2.35. The quantitative estimate of drug-likeness (QED) is 0.893. The van der Waals surface area contributed by atoms with Gasteiger partial charge in [0.2, 0.25) is 0 Å². The summed E-state index contributed by atoms with van der Waals surface area (Å²) in [6, 6.07) is 5.85. The van der Waals surface area contributed by atoms with E-state index in [0.29, 0.717) is 6.61 Å². The van der Waals surface area contributed by atoms with Gasteiger partial charge >= 0.3 is 0 Å². The van der Waals surface area contributed by atoms with Crippen molar-refractivity contribution in [3.8, 4) is 11.5 Å². The third-order valence-corrected chi connectivity index (χ3v) is 3.53. The summed E-state index contributed by atoms with van der Waals surface area (Å²) < 4.78 is 16.1. The third-order valence-electron chi connectivity index (χ3n) is 3.53. The monoisotopic (exact) mass is 251 g/mol. The number of methoxy groups -OCH3 is 2. The molecule has 4 heteroatoms. The number of benzene rings is 1. The topological polar surface area (TPSA) is 53.7 Å². The molecule has 0 aliphatic carbocycles. The second-order valence-electron chi connectivity index (χ2n) is 4.72. The first-order valence-electron chi connectivity index (χ1n) is 6.28. The first-order chi connectivity index (χ1) is 8.68. The Morgan fingerprint density at radius 2 is 1.72 bits per heavy atom. The normalized spacial score (nSPS) is 24.4. The Morgan fingerprint density at radius 1 is 1.06 bits per heavy atom. The van der Waals surface area contributed by atoms with E-state index >= 15 is 0 Å². The lowest BCUT2D eigenvalue weighted by molar-refractivity contribution is 0.139. The van der Waals surface area contributed by atoms with E-state index in [1.165, 1.54) is 0 Å². The summed E-state index contributed by atoms with van der Waals surface area (Å²) in [5.41, 5.74) is 7.25. The molecule has 1 aliphatic rings. The highest BCUT2D eigenvalue weighted by Gasteiger charge is 2.29. The molecule has 1 saturated heterocycles. The number of rotatable bonds is 3. The average Bonchev–Trinajstić information content (AvgIpc) is 2.64. The second kappa shape index (κ2) is 5.59. The van der Waals surface area contributed by atoms with Crippen molar-refractivity contribution in [2.24, 2.45) is 5.73 Å². The van der Waals surface area contributed by atoms with Gasteiger partial charge in [-0.1, -0.05) is 0 Å². The number of hydrogen-bond donors (Lipinski definition) is 1. The molecular weight excluding hydrogens is 230 g/mol. The van der Waals surface area contributed by atoms with Crippen LogP contribution in [0.4, 0.5) is 0 Å². The van der Waals surface area contributed by atoms with Crippen LogP contribution in [-0.4, -0.2) is 27.4 Å². The van der Waals surface area contributed by atoms with Gasteiger partial charge in [-0.05, 0) is 37.0 Å². The van der Waals surface area contributed by atoms with Crippen LogP contribution in [0.25, 0.3) is 0 Å². The van der Waals surface area contributed by atoms with Crippen LogP contribution in [0.2, 0.25) is 0 Å². The van der Waals surface area contributed by atoms with Crippen molar-refractivity contribution in [2.45, 2.75) is 24.8 Å². The lowest BCUT2D eigenvalue weighted by atomic mass is 9.84. The van der Waals surface area contributed by atoms with Crippen molar-refractivity contribution < 1.29 is 14.2 Å². The maximum Gasteiger partial charge on any atom is 0.122 e. The van der Waals surface area contributed by atoms with E-state index in [9.17, 15) is 0 Å². The predicted octanol–water partition coefficient (Wildman–Crippen LogP) is 2.06. The van der Waals surface area contributed by atoms with Gasteiger partial charge in [-0.25, -0.2) is 0 Å². The first-order valence-corrected chi connectivity index (χ1v) is 6.28. The zero-order chi connectivity index (χ0) is 13.0. The van der Waals surface area contributed by atoms with Gasteiger partial charge in [0.15, 0.2) is 0 Å². The van der Waals surface area contributed by atoms with Crippen LogP contribution in [0.1, 0.15) is 24.8 Å². The van der Waals surface area contributed by atoms with Crippen LogP contribution in [0.3, 0.4) is 0 Å². The van der Waals surface area contributed by atoms with Crippen LogP contribution < -0.4 is 15.2 Å². The molecule has 1 aliphatic heterocycles. The van der Waals surface area contributed by atoms with Crippen molar-refractivity contribution in [1.29, 1.82) is 0 Å². The highest BCUT2D eigenvalue weighted by atomic mass is 16.5. The Labute approximate surface area is 108 Å². The molecule has 1 heterocycles. The van der Waals surface area contributed by atoms with Gasteiger partial charge in [0.25, 0.3) is 0 Å². The van der Waals surface area contributed by atoms with Crippen molar-refractivity contribution in [1.82, 2.24) is 0 Å². The van der Waals surface area contributed by atoms with Gasteiger partial charge in [0.05, 0.1) is 14.2 Å². The van der Waals surface area contributed by atoms with Crippen molar-refractivity contribution in [2.75, 3.05) is 27.4 Å². The number of nitrogens with two attached hydrogens (primary N) is 1. The molecule has 1 unspecified atom stereocenters. The molecule has 1 fully saturated rings. The Balaban J connectivity index is 2.35. The first kappa shape index (κ1) is 13.2. The summed E-state index contributed by atoms with van der Waals surface area (Å²) in [6.45, 7) is 1.50. The van der Waals surface area contributed by atoms with Crippen molar-refractivity contribution in [3.05, 3.63) is 23.8 Å². The van der Waals surface area contributed by atoms with Crippen LogP contribution in [0.15, 0.2) is 18.2 Å². The number of ether oxygens (including phenoxy) is 3. The van der Waals surface area contributed by atoms with E-state index in [1.807, 2.05) is 18.2 Å².